The fourth-order valence-electron chi connectivity index (χ4n) is 6.57. The van der Waals surface area contributed by atoms with E-state index in [1.807, 2.05) is 36.6 Å². The molecule has 10 heterocycles. The van der Waals surface area contributed by atoms with Gasteiger partial charge in [-0.15, -0.1) is 34.0 Å². The third-order valence-corrected chi connectivity index (χ3v) is 14.5. The van der Waals surface area contributed by atoms with Gasteiger partial charge in [-0.25, -0.2) is 9.97 Å². The monoisotopic (exact) mass is 734 g/mol. The lowest BCUT2D eigenvalue weighted by Gasteiger charge is -2.44. The lowest BCUT2D eigenvalue weighted by molar-refractivity contribution is 0.0619. The van der Waals surface area contributed by atoms with Crippen molar-refractivity contribution < 1.29 is 14.0 Å². The maximum atomic E-state index is 12.5. The summed E-state index contributed by atoms with van der Waals surface area (Å²) in [5, 5.41) is 9.42. The van der Waals surface area contributed by atoms with E-state index in [2.05, 4.69) is 30.4 Å². The molecule has 2 atom stereocenters. The number of aromatic nitrogens is 2. The van der Waals surface area contributed by atoms with Gasteiger partial charge in [0.25, 0.3) is 17.0 Å². The van der Waals surface area contributed by atoms with E-state index in [-0.39, 0.29) is 11.8 Å². The van der Waals surface area contributed by atoms with Crippen LogP contribution in [0.1, 0.15) is 50.7 Å². The van der Waals surface area contributed by atoms with Crippen LogP contribution in [0.25, 0.3) is 0 Å². The predicted octanol–water partition coefficient (Wildman–Crippen LogP) is 6.85. The second-order valence-corrected chi connectivity index (χ2v) is 18.3. The number of oxazole rings is 1. The average molecular weight is 735 g/mol. The topological polar surface area (TPSA) is 104 Å². The molecular formula is C31H35ClN6O3S5. The molecule has 6 aliphatic heterocycles. The van der Waals surface area contributed by atoms with Crippen LogP contribution in [0, 0.1) is 18.8 Å². The van der Waals surface area contributed by atoms with Gasteiger partial charge in [0.05, 0.1) is 23.9 Å². The van der Waals surface area contributed by atoms with Crippen LogP contribution < -0.4 is 10.6 Å². The maximum Gasteiger partial charge on any atom is 0.261 e. The number of nitrogens with zero attached hydrogens (tertiary/aromatic N) is 4. The Balaban J connectivity index is 0.000000147. The number of rotatable bonds is 8. The van der Waals surface area contributed by atoms with Gasteiger partial charge in [0.1, 0.15) is 11.4 Å². The fraction of sp³-hybridized carbons (Fsp3) is 0.484. The molecule has 2 amide bonds. The molecule has 2 N–H and O–H groups in total. The first kappa shape index (κ1) is 32.6. The SMILES string of the molecule is Cc1coc(Sc2ccc(C(=O)N[C@H]3CN4CCC3CC4)s2)n1.O=C(N[C@H]1CN2CCC1CC2)c1ccc(Sc2nc(Cl)cs2)s1. The number of aryl methyl sites for hydroxylation is 1. The highest BCUT2D eigenvalue weighted by molar-refractivity contribution is 8.02. The van der Waals surface area contributed by atoms with Crippen molar-refractivity contribution in [2.24, 2.45) is 11.8 Å². The molecule has 4 aromatic heterocycles. The lowest BCUT2D eigenvalue weighted by Crippen LogP contribution is -2.57. The van der Waals surface area contributed by atoms with E-state index < -0.39 is 0 Å². The minimum Gasteiger partial charge on any atom is -0.439 e. The van der Waals surface area contributed by atoms with Gasteiger partial charge in [-0.2, -0.15) is 0 Å². The minimum absolute atomic E-state index is 0.0455. The number of amides is 2. The molecule has 6 saturated heterocycles. The zero-order chi connectivity index (χ0) is 31.6. The van der Waals surface area contributed by atoms with Crippen LogP contribution in [-0.4, -0.2) is 82.9 Å². The van der Waals surface area contributed by atoms with E-state index >= 15 is 0 Å². The molecule has 6 fully saturated rings. The highest BCUT2D eigenvalue weighted by Gasteiger charge is 2.36. The summed E-state index contributed by atoms with van der Waals surface area (Å²) in [6, 6.07) is 8.34. The summed E-state index contributed by atoms with van der Waals surface area (Å²) in [5.74, 6) is 1.39. The van der Waals surface area contributed by atoms with Crippen molar-refractivity contribution in [2.75, 3.05) is 39.3 Å². The van der Waals surface area contributed by atoms with Crippen molar-refractivity contribution in [3.05, 3.63) is 56.5 Å². The summed E-state index contributed by atoms with van der Waals surface area (Å²) in [7, 11) is 0. The molecule has 0 saturated carbocycles. The number of hydrogen-bond donors (Lipinski definition) is 2. The lowest BCUT2D eigenvalue weighted by atomic mass is 9.84. The first-order chi connectivity index (χ1) is 22.3. The highest BCUT2D eigenvalue weighted by Crippen LogP contribution is 2.37. The summed E-state index contributed by atoms with van der Waals surface area (Å²) in [4.78, 5) is 39.9. The Kier molecular flexibility index (Phi) is 10.4. The van der Waals surface area contributed by atoms with Crippen molar-refractivity contribution in [1.82, 2.24) is 30.4 Å². The normalized spacial score (nSPS) is 26.4. The Bertz CT molecular complexity index is 1530. The number of piperidine rings is 6. The Hall–Kier alpha value is -1.91. The van der Waals surface area contributed by atoms with Gasteiger partial charge < -0.3 is 24.9 Å². The molecule has 244 valence electrons. The van der Waals surface area contributed by atoms with Gasteiger partial charge in [0.2, 0.25) is 0 Å². The molecule has 0 aliphatic carbocycles. The summed E-state index contributed by atoms with van der Waals surface area (Å²) in [6.07, 6.45) is 6.47. The largest absolute Gasteiger partial charge is 0.439 e. The Morgan fingerprint density at radius 1 is 0.848 bits per heavy atom. The molecule has 9 nitrogen and oxygen atoms in total. The van der Waals surface area contributed by atoms with Gasteiger partial charge in [-0.3, -0.25) is 9.59 Å². The van der Waals surface area contributed by atoms with Crippen LogP contribution in [-0.2, 0) is 0 Å². The standard InChI is InChI=1S/C16H19N3O2S2.C15H16ClN3OS3/c1-10-9-21-16(17-10)23-14-3-2-13(22-14)15(20)18-12-8-19-6-4-11(12)5-7-19;16-12-8-21-15(18-12)23-13-2-1-11(22-13)14(20)17-10-7-19-5-3-9(10)4-6-19/h2-3,9,11-12H,4-8H2,1H3,(H,18,20);1-2,8-10H,3-7H2,(H,17,20)/t12-;10-/m00/s1. The van der Waals surface area contributed by atoms with Gasteiger partial charge in [-0.1, -0.05) is 11.6 Å². The summed E-state index contributed by atoms with van der Waals surface area (Å²) in [5.41, 5.74) is 0.865. The van der Waals surface area contributed by atoms with Crippen molar-refractivity contribution in [3.63, 3.8) is 0 Å². The molecular weight excluding hydrogens is 700 g/mol. The maximum absolute atomic E-state index is 12.5. The molecule has 0 radical (unpaired) electrons. The smallest absolute Gasteiger partial charge is 0.261 e. The van der Waals surface area contributed by atoms with Gasteiger partial charge in [0.15, 0.2) is 4.34 Å². The van der Waals surface area contributed by atoms with E-state index in [0.717, 1.165) is 41.3 Å². The van der Waals surface area contributed by atoms with Crippen LogP contribution in [0.15, 0.2) is 58.3 Å². The van der Waals surface area contributed by atoms with Crippen LogP contribution in [0.2, 0.25) is 5.15 Å². The first-order valence-corrected chi connectivity index (χ1v) is 20.0. The first-order valence-electron chi connectivity index (χ1n) is 15.5. The highest BCUT2D eigenvalue weighted by atomic mass is 35.5. The Morgan fingerprint density at radius 2 is 1.39 bits per heavy atom. The van der Waals surface area contributed by atoms with Crippen LogP contribution in [0.3, 0.4) is 0 Å². The third-order valence-electron chi connectivity index (χ3n) is 8.98. The number of carbonyl (C=O) groups excluding carboxylic acids is 2. The number of thiazole rings is 1. The van der Waals surface area contributed by atoms with Crippen molar-refractivity contribution in [1.29, 1.82) is 0 Å². The van der Waals surface area contributed by atoms with E-state index in [0.29, 0.717) is 34.3 Å². The molecule has 10 rings (SSSR count). The van der Waals surface area contributed by atoms with E-state index in [4.69, 9.17) is 16.0 Å². The van der Waals surface area contributed by atoms with Crippen LogP contribution in [0.4, 0.5) is 0 Å². The van der Waals surface area contributed by atoms with Gasteiger partial charge in [0, 0.05) is 30.6 Å². The number of thiophene rings is 2. The minimum atomic E-state index is 0.0455. The summed E-state index contributed by atoms with van der Waals surface area (Å²) < 4.78 is 8.33. The van der Waals surface area contributed by atoms with E-state index in [1.54, 1.807) is 18.0 Å². The van der Waals surface area contributed by atoms with Crippen molar-refractivity contribution in [2.45, 2.75) is 62.7 Å². The van der Waals surface area contributed by atoms with Crippen LogP contribution in [0.5, 0.6) is 0 Å². The molecule has 46 heavy (non-hydrogen) atoms. The predicted molar refractivity (Wildman–Crippen MR) is 186 cm³/mol. The second kappa shape index (κ2) is 14.7. The second-order valence-electron chi connectivity index (χ2n) is 12.1. The van der Waals surface area contributed by atoms with Crippen molar-refractivity contribution in [3.8, 4) is 0 Å². The molecule has 15 heteroatoms. The quantitative estimate of drug-likeness (QED) is 0.201. The third kappa shape index (κ3) is 8.03. The zero-order valence-corrected chi connectivity index (χ0v) is 30.1. The molecule has 0 spiro atoms. The van der Waals surface area contributed by atoms with Crippen LogP contribution >= 0.6 is 69.1 Å². The summed E-state index contributed by atoms with van der Waals surface area (Å²) in [6.45, 7) is 8.65. The fourth-order valence-corrected chi connectivity index (χ4v) is 11.7. The average Bonchev–Trinajstić information content (AvgIpc) is 3.89. The summed E-state index contributed by atoms with van der Waals surface area (Å²) >= 11 is 13.4. The molecule has 4 aromatic rings. The molecule has 0 unspecified atom stereocenters. The zero-order valence-electron chi connectivity index (χ0n) is 25.3. The van der Waals surface area contributed by atoms with Crippen molar-refractivity contribution >= 4 is 80.9 Å². The Morgan fingerprint density at radius 3 is 1.83 bits per heavy atom. The van der Waals surface area contributed by atoms with Gasteiger partial charge in [-0.05, 0) is 118 Å². The Labute approximate surface area is 293 Å². The molecule has 4 bridgehead atoms. The number of halogens is 1. The number of carbonyl (C=O) groups is 2. The molecule has 0 aromatic carbocycles. The van der Waals surface area contributed by atoms with E-state index in [1.165, 1.54) is 97.6 Å². The number of nitrogens with one attached hydrogen (secondary N) is 2. The van der Waals surface area contributed by atoms with Gasteiger partial charge >= 0.3 is 0 Å². The number of fused-ring (bicyclic) bond motifs is 6. The number of hydrogen-bond acceptors (Lipinski definition) is 12. The van der Waals surface area contributed by atoms with E-state index in [9.17, 15) is 9.59 Å². The molecule has 6 aliphatic rings.